The van der Waals surface area contributed by atoms with Crippen LogP contribution < -0.4 is 21.9 Å². The number of nitrogens with zero attached hydrogens (tertiary/aromatic N) is 1. The summed E-state index contributed by atoms with van der Waals surface area (Å²) in [7, 11) is 0. The zero-order valence-corrected chi connectivity index (χ0v) is 13.9. The highest BCUT2D eigenvalue weighted by molar-refractivity contribution is 5.78. The monoisotopic (exact) mass is 347 g/mol. The van der Waals surface area contributed by atoms with Crippen LogP contribution in [0.25, 0.3) is 0 Å². The van der Waals surface area contributed by atoms with E-state index in [-0.39, 0.29) is 24.3 Å². The van der Waals surface area contributed by atoms with E-state index in [1.54, 1.807) is 6.92 Å². The number of H-pyrrole nitrogens is 2. The number of anilines is 1. The molecule has 0 aliphatic heterocycles. The van der Waals surface area contributed by atoms with Crippen LogP contribution in [0.2, 0.25) is 0 Å². The molecule has 1 fully saturated rings. The molecule has 2 aromatic rings. The first-order chi connectivity index (χ1) is 12.0. The summed E-state index contributed by atoms with van der Waals surface area (Å²) < 4.78 is 5.11. The molecule has 2 aromatic heterocycles. The second-order valence-electron chi connectivity index (χ2n) is 6.28. The number of aromatic nitrogens is 3. The Morgan fingerprint density at radius 2 is 2.20 bits per heavy atom. The van der Waals surface area contributed by atoms with Crippen LogP contribution in [0.3, 0.4) is 0 Å². The zero-order chi connectivity index (χ0) is 17.8. The van der Waals surface area contributed by atoms with Crippen molar-refractivity contribution in [2.24, 2.45) is 5.92 Å². The van der Waals surface area contributed by atoms with Crippen LogP contribution in [-0.4, -0.2) is 33.4 Å². The fourth-order valence-electron chi connectivity index (χ4n) is 3.19. The topological polar surface area (TPSA) is 133 Å². The average molecular weight is 347 g/mol. The summed E-state index contributed by atoms with van der Waals surface area (Å²) in [5.74, 6) is 1.06. The lowest BCUT2D eigenvalue weighted by Gasteiger charge is -2.21. The van der Waals surface area contributed by atoms with E-state index in [1.165, 1.54) is 12.3 Å². The fraction of sp³-hybridized carbons (Fsp3) is 0.500. The molecule has 9 nitrogen and oxygen atoms in total. The Balaban J connectivity index is 1.54. The molecule has 4 N–H and O–H groups in total. The summed E-state index contributed by atoms with van der Waals surface area (Å²) >= 11 is 0. The molecule has 0 saturated heterocycles. The minimum Gasteiger partial charge on any atom is -0.449 e. The minimum absolute atomic E-state index is 0.0571. The summed E-state index contributed by atoms with van der Waals surface area (Å²) in [5, 5.41) is 6.12. The van der Waals surface area contributed by atoms with Gasteiger partial charge in [-0.3, -0.25) is 19.6 Å². The van der Waals surface area contributed by atoms with Crippen molar-refractivity contribution >= 4 is 11.7 Å². The molecule has 0 radical (unpaired) electrons. The number of aromatic amines is 2. The highest BCUT2D eigenvalue weighted by Crippen LogP contribution is 2.26. The lowest BCUT2D eigenvalue weighted by Crippen LogP contribution is -2.40. The van der Waals surface area contributed by atoms with Gasteiger partial charge in [-0.1, -0.05) is 6.42 Å². The van der Waals surface area contributed by atoms with Crippen molar-refractivity contribution in [3.63, 3.8) is 0 Å². The molecule has 1 aliphatic rings. The standard InChI is InChI=1S/C16H21N5O4/c1-9-18-11(8-25-9)5-14(22)19-12-4-2-3-10(12)7-17-13-6-15(23)21-16(24)20-13/h6,8,10,12H,2-5,7H2,1H3,(H,19,22)(H3,17,20,21,23,24). The Kier molecular flexibility index (Phi) is 5.01. The lowest BCUT2D eigenvalue weighted by atomic mass is 10.0. The second-order valence-corrected chi connectivity index (χ2v) is 6.28. The normalized spacial score (nSPS) is 19.7. The van der Waals surface area contributed by atoms with E-state index in [0.29, 0.717) is 23.9 Å². The van der Waals surface area contributed by atoms with Gasteiger partial charge in [-0.2, -0.15) is 0 Å². The quantitative estimate of drug-likeness (QED) is 0.594. The maximum absolute atomic E-state index is 12.2. The predicted octanol–water partition coefficient (Wildman–Crippen LogP) is 0.299. The maximum Gasteiger partial charge on any atom is 0.327 e. The summed E-state index contributed by atoms with van der Waals surface area (Å²) in [4.78, 5) is 43.5. The van der Waals surface area contributed by atoms with E-state index in [0.717, 1.165) is 19.3 Å². The molecule has 0 spiro atoms. The number of aryl methyl sites for hydroxylation is 1. The number of nitrogens with one attached hydrogen (secondary N) is 4. The van der Waals surface area contributed by atoms with E-state index in [4.69, 9.17) is 4.42 Å². The molecular formula is C16H21N5O4. The zero-order valence-electron chi connectivity index (χ0n) is 13.9. The van der Waals surface area contributed by atoms with Crippen molar-refractivity contribution in [3.8, 4) is 0 Å². The third kappa shape index (κ3) is 4.59. The van der Waals surface area contributed by atoms with Crippen LogP contribution in [0.5, 0.6) is 0 Å². The summed E-state index contributed by atoms with van der Waals surface area (Å²) in [6.45, 7) is 2.30. The van der Waals surface area contributed by atoms with Gasteiger partial charge in [0.25, 0.3) is 5.56 Å². The van der Waals surface area contributed by atoms with E-state index in [1.807, 2.05) is 0 Å². The number of rotatable bonds is 6. The number of hydrogen-bond donors (Lipinski definition) is 4. The van der Waals surface area contributed by atoms with Crippen LogP contribution in [0.4, 0.5) is 5.82 Å². The van der Waals surface area contributed by atoms with E-state index < -0.39 is 11.2 Å². The summed E-state index contributed by atoms with van der Waals surface area (Å²) in [5.41, 5.74) is -0.386. The molecule has 1 amide bonds. The number of carbonyl (C=O) groups is 1. The van der Waals surface area contributed by atoms with Crippen LogP contribution in [0, 0.1) is 12.8 Å². The van der Waals surface area contributed by atoms with Gasteiger partial charge in [-0.25, -0.2) is 9.78 Å². The van der Waals surface area contributed by atoms with Crippen molar-refractivity contribution in [1.29, 1.82) is 0 Å². The number of oxazole rings is 1. The summed E-state index contributed by atoms with van der Waals surface area (Å²) in [6.07, 6.45) is 4.57. The molecular weight excluding hydrogens is 326 g/mol. The van der Waals surface area contributed by atoms with Crippen LogP contribution in [-0.2, 0) is 11.2 Å². The molecule has 1 aliphatic carbocycles. The maximum atomic E-state index is 12.2. The first-order valence-corrected chi connectivity index (χ1v) is 8.27. The Hall–Kier alpha value is -2.84. The van der Waals surface area contributed by atoms with Crippen LogP contribution in [0.15, 0.2) is 26.3 Å². The highest BCUT2D eigenvalue weighted by atomic mass is 16.3. The van der Waals surface area contributed by atoms with Gasteiger partial charge in [-0.15, -0.1) is 0 Å². The molecule has 2 heterocycles. The first kappa shape index (κ1) is 17.0. The number of hydrogen-bond acceptors (Lipinski definition) is 6. The lowest BCUT2D eigenvalue weighted by molar-refractivity contribution is -0.121. The first-order valence-electron chi connectivity index (χ1n) is 8.27. The van der Waals surface area contributed by atoms with Crippen molar-refractivity contribution in [1.82, 2.24) is 20.3 Å². The third-order valence-electron chi connectivity index (χ3n) is 4.33. The largest absolute Gasteiger partial charge is 0.449 e. The minimum atomic E-state index is -0.547. The van der Waals surface area contributed by atoms with Gasteiger partial charge in [0.15, 0.2) is 5.89 Å². The Bertz CT molecular complexity index is 824. The van der Waals surface area contributed by atoms with Crippen LogP contribution in [0.1, 0.15) is 30.8 Å². The van der Waals surface area contributed by atoms with Gasteiger partial charge in [0.1, 0.15) is 12.1 Å². The van der Waals surface area contributed by atoms with Gasteiger partial charge in [0.05, 0.1) is 12.1 Å². The number of amides is 1. The third-order valence-corrected chi connectivity index (χ3v) is 4.33. The molecule has 2 unspecified atom stereocenters. The van der Waals surface area contributed by atoms with Crippen molar-refractivity contribution in [3.05, 3.63) is 44.8 Å². The van der Waals surface area contributed by atoms with Gasteiger partial charge >= 0.3 is 5.69 Å². The van der Waals surface area contributed by atoms with Gasteiger partial charge in [0.2, 0.25) is 5.91 Å². The van der Waals surface area contributed by atoms with Gasteiger partial charge in [0, 0.05) is 25.6 Å². The van der Waals surface area contributed by atoms with Gasteiger partial charge < -0.3 is 15.1 Å². The molecule has 25 heavy (non-hydrogen) atoms. The molecule has 2 atom stereocenters. The highest BCUT2D eigenvalue weighted by Gasteiger charge is 2.28. The summed E-state index contributed by atoms with van der Waals surface area (Å²) in [6, 6.07) is 1.36. The molecule has 0 bridgehead atoms. The van der Waals surface area contributed by atoms with Crippen molar-refractivity contribution in [2.45, 2.75) is 38.6 Å². The van der Waals surface area contributed by atoms with Gasteiger partial charge in [-0.05, 0) is 18.8 Å². The van der Waals surface area contributed by atoms with Crippen molar-refractivity contribution < 1.29 is 9.21 Å². The molecule has 1 saturated carbocycles. The fourth-order valence-corrected chi connectivity index (χ4v) is 3.19. The SMILES string of the molecule is Cc1nc(CC(=O)NC2CCCC2CNc2cc(=O)[nH]c(=O)[nH]2)co1. The Morgan fingerprint density at radius 1 is 1.36 bits per heavy atom. The molecule has 134 valence electrons. The van der Waals surface area contributed by atoms with Crippen molar-refractivity contribution in [2.75, 3.05) is 11.9 Å². The van der Waals surface area contributed by atoms with E-state index in [9.17, 15) is 14.4 Å². The number of carbonyl (C=O) groups excluding carboxylic acids is 1. The molecule has 0 aromatic carbocycles. The average Bonchev–Trinajstić information content (AvgIpc) is 3.13. The Labute approximate surface area is 143 Å². The molecule has 3 rings (SSSR count). The smallest absolute Gasteiger partial charge is 0.327 e. The van der Waals surface area contributed by atoms with E-state index >= 15 is 0 Å². The Morgan fingerprint density at radius 3 is 2.92 bits per heavy atom. The predicted molar refractivity (Wildman–Crippen MR) is 90.4 cm³/mol. The molecule has 9 heteroatoms. The van der Waals surface area contributed by atoms with Crippen LogP contribution >= 0.6 is 0 Å². The van der Waals surface area contributed by atoms with E-state index in [2.05, 4.69) is 25.6 Å². The second kappa shape index (κ2) is 7.37.